The molecule has 1 aromatic heterocycles. The van der Waals surface area contributed by atoms with Gasteiger partial charge in [-0.15, -0.1) is 0 Å². The van der Waals surface area contributed by atoms with Gasteiger partial charge in [0.05, 0.1) is 6.61 Å². The molecule has 34 heavy (non-hydrogen) atoms. The van der Waals surface area contributed by atoms with Gasteiger partial charge in [0.15, 0.2) is 0 Å². The highest BCUT2D eigenvalue weighted by Gasteiger charge is 2.03. The van der Waals surface area contributed by atoms with Crippen molar-refractivity contribution in [3.8, 4) is 5.75 Å². The van der Waals surface area contributed by atoms with E-state index in [9.17, 15) is 9.59 Å². The van der Waals surface area contributed by atoms with E-state index in [0.717, 1.165) is 18.4 Å². The van der Waals surface area contributed by atoms with Crippen LogP contribution in [0.3, 0.4) is 0 Å². The highest BCUT2D eigenvalue weighted by molar-refractivity contribution is 5.77. The van der Waals surface area contributed by atoms with Crippen LogP contribution < -0.4 is 15.7 Å². The van der Waals surface area contributed by atoms with Crippen LogP contribution in [0.25, 0.3) is 11.0 Å². The molecule has 1 amide bonds. The van der Waals surface area contributed by atoms with Crippen molar-refractivity contribution in [2.24, 2.45) is 0 Å². The van der Waals surface area contributed by atoms with Crippen LogP contribution in [0, 0.1) is 0 Å². The molecule has 0 unspecified atom stereocenters. The molecular formula is C29H45NO4. The number of unbranched alkanes of at least 4 members (excludes halogenated alkanes) is 13. The first-order valence-electron chi connectivity index (χ1n) is 13.6. The number of carbonyl (C=O) groups is 1. The minimum atomic E-state index is -0.375. The van der Waals surface area contributed by atoms with Gasteiger partial charge in [0, 0.05) is 30.5 Å². The Balaban J connectivity index is 1.37. The summed E-state index contributed by atoms with van der Waals surface area (Å²) >= 11 is 0. The number of hydrogen-bond acceptors (Lipinski definition) is 4. The third kappa shape index (κ3) is 12.8. The quantitative estimate of drug-likeness (QED) is 0.160. The number of rotatable bonds is 20. The van der Waals surface area contributed by atoms with E-state index in [-0.39, 0.29) is 11.5 Å². The van der Waals surface area contributed by atoms with Crippen LogP contribution in [-0.4, -0.2) is 19.1 Å². The predicted octanol–water partition coefficient (Wildman–Crippen LogP) is 7.55. The van der Waals surface area contributed by atoms with E-state index in [2.05, 4.69) is 12.2 Å². The fourth-order valence-electron chi connectivity index (χ4n) is 4.19. The van der Waals surface area contributed by atoms with Crippen molar-refractivity contribution < 1.29 is 13.9 Å². The topological polar surface area (TPSA) is 68.5 Å². The molecule has 0 aliphatic carbocycles. The second-order valence-electron chi connectivity index (χ2n) is 9.35. The zero-order valence-electron chi connectivity index (χ0n) is 21.2. The van der Waals surface area contributed by atoms with E-state index in [0.29, 0.717) is 30.8 Å². The zero-order chi connectivity index (χ0) is 24.3. The first kappa shape index (κ1) is 27.9. The number of nitrogens with one attached hydrogen (secondary N) is 1. The summed E-state index contributed by atoms with van der Waals surface area (Å²) in [5.41, 5.74) is 0.135. The molecule has 0 bridgehead atoms. The Morgan fingerprint density at radius 1 is 0.794 bits per heavy atom. The van der Waals surface area contributed by atoms with E-state index in [1.807, 2.05) is 12.1 Å². The van der Waals surface area contributed by atoms with Gasteiger partial charge in [-0.2, -0.15) is 0 Å². The smallest absolute Gasteiger partial charge is 0.336 e. The average molecular weight is 472 g/mol. The van der Waals surface area contributed by atoms with E-state index in [4.69, 9.17) is 9.15 Å². The van der Waals surface area contributed by atoms with E-state index in [1.54, 1.807) is 12.1 Å². The minimum absolute atomic E-state index is 0.0859. The van der Waals surface area contributed by atoms with Crippen molar-refractivity contribution in [2.75, 3.05) is 13.2 Å². The van der Waals surface area contributed by atoms with Gasteiger partial charge in [0.25, 0.3) is 0 Å². The Labute approximate surface area is 205 Å². The van der Waals surface area contributed by atoms with Crippen molar-refractivity contribution in [3.63, 3.8) is 0 Å². The van der Waals surface area contributed by atoms with E-state index < -0.39 is 0 Å². The Morgan fingerprint density at radius 2 is 1.38 bits per heavy atom. The molecule has 0 fully saturated rings. The van der Waals surface area contributed by atoms with Crippen LogP contribution in [0.1, 0.15) is 110 Å². The second-order valence-corrected chi connectivity index (χ2v) is 9.35. The molecule has 5 heteroatoms. The number of hydrogen-bond donors (Lipinski definition) is 1. The third-order valence-corrected chi connectivity index (χ3v) is 6.26. The van der Waals surface area contributed by atoms with Crippen LogP contribution >= 0.6 is 0 Å². The fraction of sp³-hybridized carbons (Fsp3) is 0.655. The van der Waals surface area contributed by atoms with Crippen molar-refractivity contribution >= 4 is 16.9 Å². The molecule has 0 spiro atoms. The second kappa shape index (κ2) is 18.1. The molecule has 190 valence electrons. The monoisotopic (exact) mass is 471 g/mol. The lowest BCUT2D eigenvalue weighted by Gasteiger charge is -2.08. The number of benzene rings is 1. The summed E-state index contributed by atoms with van der Waals surface area (Å²) in [7, 11) is 0. The van der Waals surface area contributed by atoms with Gasteiger partial charge in [-0.05, 0) is 31.0 Å². The van der Waals surface area contributed by atoms with Gasteiger partial charge in [-0.1, -0.05) is 90.4 Å². The molecule has 0 atom stereocenters. The lowest BCUT2D eigenvalue weighted by molar-refractivity contribution is -0.121. The maximum absolute atomic E-state index is 12.0. The normalized spacial score (nSPS) is 11.1. The number of ether oxygens (including phenoxy) is 1. The molecule has 2 aromatic rings. The van der Waals surface area contributed by atoms with Crippen molar-refractivity contribution in [2.45, 2.75) is 110 Å². The standard InChI is InChI=1S/C29H45NO4/c1-2-3-4-5-6-7-8-9-10-11-12-13-14-15-22-30-28(31)17-16-23-33-26-20-18-25-19-21-29(32)34-27(25)24-26/h18-21,24H,2-17,22-23H2,1H3,(H,30,31). The highest BCUT2D eigenvalue weighted by Crippen LogP contribution is 2.19. The molecule has 0 radical (unpaired) electrons. The zero-order valence-corrected chi connectivity index (χ0v) is 21.2. The van der Waals surface area contributed by atoms with Crippen LogP contribution in [0.2, 0.25) is 0 Å². The summed E-state index contributed by atoms with van der Waals surface area (Å²) in [6.45, 7) is 3.49. The Kier molecular flexibility index (Phi) is 14.9. The molecule has 2 rings (SSSR count). The van der Waals surface area contributed by atoms with Gasteiger partial charge in [0.2, 0.25) is 5.91 Å². The summed E-state index contributed by atoms with van der Waals surface area (Å²) in [4.78, 5) is 23.3. The minimum Gasteiger partial charge on any atom is -0.493 e. The predicted molar refractivity (Wildman–Crippen MR) is 141 cm³/mol. The van der Waals surface area contributed by atoms with E-state index in [1.165, 1.54) is 89.5 Å². The third-order valence-electron chi connectivity index (χ3n) is 6.26. The summed E-state index contributed by atoms with van der Waals surface area (Å²) in [6.07, 6.45) is 19.9. The van der Waals surface area contributed by atoms with Crippen molar-refractivity contribution in [1.82, 2.24) is 5.32 Å². The molecule has 1 aromatic carbocycles. The Morgan fingerprint density at radius 3 is 2.03 bits per heavy atom. The summed E-state index contributed by atoms with van der Waals surface area (Å²) in [5, 5.41) is 3.87. The first-order chi connectivity index (χ1) is 16.7. The molecule has 0 saturated carbocycles. The fourth-order valence-corrected chi connectivity index (χ4v) is 4.19. The molecular weight excluding hydrogens is 426 g/mol. The summed E-state index contributed by atoms with van der Waals surface area (Å²) in [6, 6.07) is 8.55. The SMILES string of the molecule is CCCCCCCCCCCCCCCCNC(=O)CCCOc1ccc2ccc(=O)oc2c1. The summed E-state index contributed by atoms with van der Waals surface area (Å²) < 4.78 is 10.9. The lowest BCUT2D eigenvalue weighted by Crippen LogP contribution is -2.24. The maximum atomic E-state index is 12.0. The molecule has 0 saturated heterocycles. The highest BCUT2D eigenvalue weighted by atomic mass is 16.5. The number of carbonyl (C=O) groups excluding carboxylic acids is 1. The van der Waals surface area contributed by atoms with Gasteiger partial charge in [0.1, 0.15) is 11.3 Å². The van der Waals surface area contributed by atoms with Gasteiger partial charge >= 0.3 is 5.63 Å². The van der Waals surface area contributed by atoms with E-state index >= 15 is 0 Å². The molecule has 5 nitrogen and oxygen atoms in total. The lowest BCUT2D eigenvalue weighted by atomic mass is 10.0. The first-order valence-corrected chi connectivity index (χ1v) is 13.6. The number of fused-ring (bicyclic) bond motifs is 1. The van der Waals surface area contributed by atoms with Crippen molar-refractivity contribution in [1.29, 1.82) is 0 Å². The Hall–Kier alpha value is -2.30. The van der Waals surface area contributed by atoms with Crippen LogP contribution in [-0.2, 0) is 4.79 Å². The maximum Gasteiger partial charge on any atom is 0.336 e. The summed E-state index contributed by atoms with van der Waals surface area (Å²) in [5.74, 6) is 0.729. The van der Waals surface area contributed by atoms with Gasteiger partial charge in [-0.3, -0.25) is 4.79 Å². The van der Waals surface area contributed by atoms with Crippen LogP contribution in [0.5, 0.6) is 5.75 Å². The van der Waals surface area contributed by atoms with Crippen molar-refractivity contribution in [3.05, 3.63) is 40.8 Å². The Bertz CT molecular complexity index is 861. The molecule has 1 N–H and O–H groups in total. The molecule has 1 heterocycles. The molecule has 0 aliphatic heterocycles. The average Bonchev–Trinajstić information content (AvgIpc) is 2.84. The largest absolute Gasteiger partial charge is 0.493 e. The van der Waals surface area contributed by atoms with Crippen LogP contribution in [0.4, 0.5) is 0 Å². The van der Waals surface area contributed by atoms with Gasteiger partial charge in [-0.25, -0.2) is 4.79 Å². The van der Waals surface area contributed by atoms with Gasteiger partial charge < -0.3 is 14.5 Å². The number of amides is 1. The molecule has 0 aliphatic rings. The van der Waals surface area contributed by atoms with Crippen LogP contribution in [0.15, 0.2) is 39.5 Å².